The summed E-state index contributed by atoms with van der Waals surface area (Å²) in [7, 11) is -3.76. The van der Waals surface area contributed by atoms with Crippen LogP contribution in [0.3, 0.4) is 0 Å². The first-order valence-electron chi connectivity index (χ1n) is 11.5. The average Bonchev–Trinajstić information content (AvgIpc) is 2.90. The number of ketones is 1. The van der Waals surface area contributed by atoms with E-state index in [1.807, 2.05) is 61.5 Å². The van der Waals surface area contributed by atoms with Crippen LogP contribution in [0.5, 0.6) is 0 Å². The van der Waals surface area contributed by atoms with E-state index in [-0.39, 0.29) is 10.7 Å². The van der Waals surface area contributed by atoms with E-state index in [1.165, 1.54) is 11.8 Å². The fourth-order valence-corrected chi connectivity index (χ4v) is 6.77. The number of hydrogen-bond acceptors (Lipinski definition) is 5. The van der Waals surface area contributed by atoms with Crippen LogP contribution in [-0.2, 0) is 14.6 Å². The summed E-state index contributed by atoms with van der Waals surface area (Å²) in [5.74, 6) is -0.730. The standard InChI is InChI=1S/C30H26O4S2/c1-21-8-18-28(19-9-21)36(33,34)30(22(2)20-31)25-12-16-27(17-13-25)35-26-14-10-24(11-15-26)29(32)23-6-4-3-5-7-23/h3-20,22,30H,1-2H3. The molecular formula is C30H26O4S2. The second-order valence-electron chi connectivity index (χ2n) is 8.66. The third-order valence-electron chi connectivity index (χ3n) is 5.97. The van der Waals surface area contributed by atoms with Gasteiger partial charge in [0.2, 0.25) is 0 Å². The predicted molar refractivity (Wildman–Crippen MR) is 143 cm³/mol. The Morgan fingerprint density at radius 2 is 1.28 bits per heavy atom. The van der Waals surface area contributed by atoms with Crippen LogP contribution in [0.2, 0.25) is 0 Å². The highest BCUT2D eigenvalue weighted by atomic mass is 32.2. The van der Waals surface area contributed by atoms with Gasteiger partial charge in [-0.1, -0.05) is 78.8 Å². The molecule has 0 radical (unpaired) electrons. The fourth-order valence-electron chi connectivity index (χ4n) is 4.00. The summed E-state index contributed by atoms with van der Waals surface area (Å²) >= 11 is 1.51. The average molecular weight is 515 g/mol. The van der Waals surface area contributed by atoms with Gasteiger partial charge in [-0.3, -0.25) is 4.79 Å². The summed E-state index contributed by atoms with van der Waals surface area (Å²) in [5, 5.41) is -0.972. The van der Waals surface area contributed by atoms with Gasteiger partial charge in [-0.05, 0) is 61.0 Å². The van der Waals surface area contributed by atoms with Crippen LogP contribution in [0.15, 0.2) is 118 Å². The van der Waals surface area contributed by atoms with Crippen molar-refractivity contribution in [2.75, 3.05) is 0 Å². The van der Waals surface area contributed by atoms with Gasteiger partial charge >= 0.3 is 0 Å². The van der Waals surface area contributed by atoms with Crippen LogP contribution in [0.25, 0.3) is 0 Å². The highest BCUT2D eigenvalue weighted by Crippen LogP contribution is 2.36. The van der Waals surface area contributed by atoms with Gasteiger partial charge in [0.1, 0.15) is 6.29 Å². The largest absolute Gasteiger partial charge is 0.303 e. The number of benzene rings is 4. The lowest BCUT2D eigenvalue weighted by molar-refractivity contribution is -0.110. The molecule has 2 atom stereocenters. The van der Waals surface area contributed by atoms with Crippen LogP contribution in [0.4, 0.5) is 0 Å². The molecule has 0 amide bonds. The molecule has 0 heterocycles. The van der Waals surface area contributed by atoms with E-state index in [4.69, 9.17) is 0 Å². The highest BCUT2D eigenvalue weighted by molar-refractivity contribution is 7.99. The summed E-state index contributed by atoms with van der Waals surface area (Å²) < 4.78 is 26.8. The maximum Gasteiger partial charge on any atom is 0.193 e. The van der Waals surface area contributed by atoms with E-state index in [2.05, 4.69) is 0 Å². The molecule has 6 heteroatoms. The quantitative estimate of drug-likeness (QED) is 0.183. The van der Waals surface area contributed by atoms with E-state index >= 15 is 0 Å². The fraction of sp³-hybridized carbons (Fsp3) is 0.133. The Labute approximate surface area is 216 Å². The van der Waals surface area contributed by atoms with Crippen LogP contribution >= 0.6 is 11.8 Å². The van der Waals surface area contributed by atoms with Crippen LogP contribution in [0.1, 0.15) is 39.2 Å². The van der Waals surface area contributed by atoms with Crippen LogP contribution < -0.4 is 0 Å². The molecule has 0 aliphatic heterocycles. The summed E-state index contributed by atoms with van der Waals surface area (Å²) in [6.45, 7) is 3.53. The second kappa shape index (κ2) is 11.1. The van der Waals surface area contributed by atoms with Gasteiger partial charge in [-0.2, -0.15) is 0 Å². The number of sulfone groups is 1. The molecule has 4 nitrogen and oxygen atoms in total. The number of aldehydes is 1. The zero-order valence-electron chi connectivity index (χ0n) is 20.0. The molecule has 4 rings (SSSR count). The lowest BCUT2D eigenvalue weighted by Gasteiger charge is -2.21. The third-order valence-corrected chi connectivity index (χ3v) is 9.29. The monoisotopic (exact) mass is 514 g/mol. The van der Waals surface area contributed by atoms with E-state index in [0.29, 0.717) is 23.0 Å². The summed E-state index contributed by atoms with van der Waals surface area (Å²) in [4.78, 5) is 26.3. The van der Waals surface area contributed by atoms with Crippen molar-refractivity contribution in [2.24, 2.45) is 5.92 Å². The number of hydrogen-bond donors (Lipinski definition) is 0. The highest BCUT2D eigenvalue weighted by Gasteiger charge is 2.33. The van der Waals surface area contributed by atoms with E-state index < -0.39 is 21.0 Å². The van der Waals surface area contributed by atoms with Crippen molar-refractivity contribution >= 4 is 33.7 Å². The molecule has 4 aromatic rings. The van der Waals surface area contributed by atoms with Crippen LogP contribution in [0, 0.1) is 12.8 Å². The first kappa shape index (κ1) is 25.6. The van der Waals surface area contributed by atoms with Gasteiger partial charge in [0.15, 0.2) is 15.6 Å². The normalized spacial score (nSPS) is 13.1. The molecule has 4 aromatic carbocycles. The van der Waals surface area contributed by atoms with Gasteiger partial charge in [0.05, 0.1) is 10.1 Å². The summed E-state index contributed by atoms with van der Waals surface area (Å²) in [6, 6.07) is 30.5. The lowest BCUT2D eigenvalue weighted by atomic mass is 10.0. The number of aryl methyl sites for hydroxylation is 1. The number of rotatable bonds is 9. The maximum absolute atomic E-state index is 13.4. The van der Waals surface area contributed by atoms with E-state index in [0.717, 1.165) is 15.4 Å². The van der Waals surface area contributed by atoms with Crippen molar-refractivity contribution in [2.45, 2.75) is 33.8 Å². The van der Waals surface area contributed by atoms with Gasteiger partial charge < -0.3 is 4.79 Å². The maximum atomic E-state index is 13.4. The Morgan fingerprint density at radius 3 is 1.83 bits per heavy atom. The van der Waals surface area contributed by atoms with Crippen molar-refractivity contribution in [3.05, 3.63) is 125 Å². The summed E-state index contributed by atoms with van der Waals surface area (Å²) in [6.07, 6.45) is 0.692. The van der Waals surface area contributed by atoms with Crippen LogP contribution in [-0.4, -0.2) is 20.5 Å². The smallest absolute Gasteiger partial charge is 0.193 e. The Balaban J connectivity index is 1.53. The van der Waals surface area contributed by atoms with Crippen molar-refractivity contribution in [1.29, 1.82) is 0 Å². The minimum atomic E-state index is -3.76. The Hall–Kier alpha value is -3.48. The molecule has 0 saturated heterocycles. The Bertz CT molecular complexity index is 1440. The van der Waals surface area contributed by atoms with Crippen molar-refractivity contribution in [3.8, 4) is 0 Å². The molecule has 0 aromatic heterocycles. The number of carbonyl (C=O) groups is 2. The molecule has 0 aliphatic rings. The van der Waals surface area contributed by atoms with Gasteiger partial charge in [0.25, 0.3) is 0 Å². The molecule has 36 heavy (non-hydrogen) atoms. The van der Waals surface area contributed by atoms with Gasteiger partial charge in [-0.15, -0.1) is 0 Å². The molecular weight excluding hydrogens is 488 g/mol. The van der Waals surface area contributed by atoms with Crippen molar-refractivity contribution in [3.63, 3.8) is 0 Å². The molecule has 0 spiro atoms. The minimum absolute atomic E-state index is 0.0263. The molecule has 0 bridgehead atoms. The molecule has 182 valence electrons. The zero-order chi connectivity index (χ0) is 25.7. The minimum Gasteiger partial charge on any atom is -0.303 e. The second-order valence-corrected chi connectivity index (χ2v) is 11.9. The molecule has 0 fully saturated rings. The van der Waals surface area contributed by atoms with E-state index in [9.17, 15) is 18.0 Å². The molecule has 0 aliphatic carbocycles. The Kier molecular flexibility index (Phi) is 7.87. The topological polar surface area (TPSA) is 68.3 Å². The predicted octanol–water partition coefficient (Wildman–Crippen LogP) is 6.73. The zero-order valence-corrected chi connectivity index (χ0v) is 21.6. The first-order valence-corrected chi connectivity index (χ1v) is 13.9. The van der Waals surface area contributed by atoms with Gasteiger partial charge in [-0.25, -0.2) is 8.42 Å². The molecule has 0 saturated carbocycles. The number of carbonyl (C=O) groups excluding carboxylic acids is 2. The first-order chi connectivity index (χ1) is 17.3. The van der Waals surface area contributed by atoms with Crippen molar-refractivity contribution < 1.29 is 18.0 Å². The SMILES string of the molecule is Cc1ccc(S(=O)(=O)C(c2ccc(Sc3ccc(C(=O)c4ccccc4)cc3)cc2)C(C)C=O)cc1. The third kappa shape index (κ3) is 5.66. The van der Waals surface area contributed by atoms with E-state index in [1.54, 1.807) is 55.5 Å². The Morgan fingerprint density at radius 1 is 0.750 bits per heavy atom. The molecule has 0 N–H and O–H groups in total. The van der Waals surface area contributed by atoms with Gasteiger partial charge in [0, 0.05) is 26.8 Å². The summed E-state index contributed by atoms with van der Waals surface area (Å²) in [5.41, 5.74) is 2.80. The molecule has 2 unspecified atom stereocenters. The van der Waals surface area contributed by atoms with Crippen molar-refractivity contribution in [1.82, 2.24) is 0 Å². The lowest BCUT2D eigenvalue weighted by Crippen LogP contribution is -2.21.